The molecule has 1 saturated heterocycles. The van der Waals surface area contributed by atoms with Crippen molar-refractivity contribution in [1.82, 2.24) is 4.90 Å². The summed E-state index contributed by atoms with van der Waals surface area (Å²) in [4.78, 5) is 26.1. The summed E-state index contributed by atoms with van der Waals surface area (Å²) >= 11 is 7.08. The molecule has 1 aromatic carbocycles. The Morgan fingerprint density at radius 2 is 2.04 bits per heavy atom. The highest BCUT2D eigenvalue weighted by Gasteiger charge is 2.36. The Bertz CT molecular complexity index is 862. The van der Waals surface area contributed by atoms with Gasteiger partial charge in [-0.15, -0.1) is 0 Å². The molecule has 2 amide bonds. The topological polar surface area (TPSA) is 69.0 Å². The third-order valence-electron chi connectivity index (χ3n) is 3.56. The van der Waals surface area contributed by atoms with E-state index < -0.39 is 0 Å². The molecule has 8 heteroatoms. The zero-order valence-electron chi connectivity index (χ0n) is 12.2. The summed E-state index contributed by atoms with van der Waals surface area (Å²) in [5.41, 5.74) is 0.613. The van der Waals surface area contributed by atoms with Crippen LogP contribution in [0.3, 0.4) is 0 Å². The van der Waals surface area contributed by atoms with E-state index in [4.69, 9.17) is 25.5 Å². The lowest BCUT2D eigenvalue weighted by atomic mass is 10.2. The lowest BCUT2D eigenvalue weighted by Gasteiger charge is -2.14. The fraction of sp³-hybridized carbons (Fsp3) is 0.125. The average Bonchev–Trinajstić information content (AvgIpc) is 3.26. The molecule has 2 aliphatic heterocycles. The van der Waals surface area contributed by atoms with E-state index in [0.717, 1.165) is 16.7 Å². The number of carbonyl (C=O) groups is 2. The van der Waals surface area contributed by atoms with Crippen LogP contribution in [0, 0.1) is 0 Å². The molecule has 0 radical (unpaired) electrons. The van der Waals surface area contributed by atoms with Crippen LogP contribution in [0.25, 0.3) is 6.08 Å². The molecule has 2 aromatic rings. The molecule has 0 aliphatic carbocycles. The SMILES string of the molecule is O=C1S/C(=C\c2ccco2)C(=O)N1Cc1cc2c(cc1Cl)OCO2. The van der Waals surface area contributed by atoms with Gasteiger partial charge in [-0.1, -0.05) is 11.6 Å². The molecular weight excluding hydrogens is 354 g/mol. The van der Waals surface area contributed by atoms with Gasteiger partial charge in [-0.2, -0.15) is 0 Å². The minimum absolute atomic E-state index is 0.0651. The molecule has 1 aromatic heterocycles. The van der Waals surface area contributed by atoms with Crippen LogP contribution < -0.4 is 9.47 Å². The summed E-state index contributed by atoms with van der Waals surface area (Å²) in [6.07, 6.45) is 3.05. The van der Waals surface area contributed by atoms with Crippen LogP contribution >= 0.6 is 23.4 Å². The number of amides is 2. The van der Waals surface area contributed by atoms with Gasteiger partial charge in [-0.3, -0.25) is 14.5 Å². The number of rotatable bonds is 3. The number of furan rings is 1. The molecule has 0 atom stereocenters. The van der Waals surface area contributed by atoms with Gasteiger partial charge in [-0.05, 0) is 35.5 Å². The fourth-order valence-corrected chi connectivity index (χ4v) is 3.42. The van der Waals surface area contributed by atoms with Crippen molar-refractivity contribution >= 4 is 40.6 Å². The van der Waals surface area contributed by atoms with Crippen molar-refractivity contribution in [2.45, 2.75) is 6.54 Å². The Balaban J connectivity index is 1.59. The van der Waals surface area contributed by atoms with Gasteiger partial charge < -0.3 is 13.9 Å². The number of carbonyl (C=O) groups excluding carboxylic acids is 2. The minimum atomic E-state index is -0.380. The van der Waals surface area contributed by atoms with Gasteiger partial charge in [-0.25, -0.2) is 0 Å². The highest BCUT2D eigenvalue weighted by atomic mass is 35.5. The Morgan fingerprint density at radius 1 is 1.25 bits per heavy atom. The number of imide groups is 1. The molecule has 122 valence electrons. The second-order valence-electron chi connectivity index (χ2n) is 5.08. The van der Waals surface area contributed by atoms with Crippen molar-refractivity contribution in [2.75, 3.05) is 6.79 Å². The van der Waals surface area contributed by atoms with Gasteiger partial charge in [0.25, 0.3) is 11.1 Å². The maximum atomic E-state index is 12.5. The second kappa shape index (κ2) is 5.92. The van der Waals surface area contributed by atoms with Crippen LogP contribution in [0.2, 0.25) is 5.02 Å². The first-order valence-corrected chi connectivity index (χ1v) is 8.18. The summed E-state index contributed by atoms with van der Waals surface area (Å²) in [5.74, 6) is 1.24. The number of halogens is 1. The molecule has 0 spiro atoms. The van der Waals surface area contributed by atoms with Crippen LogP contribution in [0.1, 0.15) is 11.3 Å². The number of hydrogen-bond donors (Lipinski definition) is 0. The van der Waals surface area contributed by atoms with Gasteiger partial charge in [0.1, 0.15) is 5.76 Å². The number of benzene rings is 1. The van der Waals surface area contributed by atoms with Crippen molar-refractivity contribution in [3.05, 3.63) is 51.8 Å². The first-order valence-electron chi connectivity index (χ1n) is 6.99. The lowest BCUT2D eigenvalue weighted by molar-refractivity contribution is -0.123. The van der Waals surface area contributed by atoms with Gasteiger partial charge in [0.05, 0.1) is 17.7 Å². The molecule has 0 N–H and O–H groups in total. The van der Waals surface area contributed by atoms with Crippen molar-refractivity contribution < 1.29 is 23.5 Å². The minimum Gasteiger partial charge on any atom is -0.465 e. The summed E-state index contributed by atoms with van der Waals surface area (Å²) in [6.45, 7) is 0.193. The molecular formula is C16H10ClNO5S. The Morgan fingerprint density at radius 3 is 2.79 bits per heavy atom. The Hall–Kier alpha value is -2.38. The van der Waals surface area contributed by atoms with Crippen LogP contribution in [0.15, 0.2) is 39.9 Å². The van der Waals surface area contributed by atoms with Gasteiger partial charge in [0, 0.05) is 17.2 Å². The van der Waals surface area contributed by atoms with Gasteiger partial charge >= 0.3 is 0 Å². The quantitative estimate of drug-likeness (QED) is 0.770. The molecule has 0 unspecified atom stereocenters. The number of nitrogens with zero attached hydrogens (tertiary/aromatic N) is 1. The molecule has 6 nitrogen and oxygen atoms in total. The highest BCUT2D eigenvalue weighted by Crippen LogP contribution is 2.39. The first-order chi connectivity index (χ1) is 11.6. The summed E-state index contributed by atoms with van der Waals surface area (Å²) < 4.78 is 15.7. The molecule has 0 saturated carbocycles. The lowest BCUT2D eigenvalue weighted by Crippen LogP contribution is -2.27. The van der Waals surface area contributed by atoms with Crippen LogP contribution in [-0.4, -0.2) is 22.8 Å². The maximum Gasteiger partial charge on any atom is 0.293 e. The summed E-state index contributed by atoms with van der Waals surface area (Å²) in [6, 6.07) is 6.73. The third-order valence-corrected chi connectivity index (χ3v) is 4.82. The van der Waals surface area contributed by atoms with E-state index in [0.29, 0.717) is 32.8 Å². The van der Waals surface area contributed by atoms with E-state index in [1.54, 1.807) is 30.3 Å². The predicted molar refractivity (Wildman–Crippen MR) is 87.8 cm³/mol. The average molecular weight is 364 g/mol. The second-order valence-corrected chi connectivity index (χ2v) is 6.48. The van der Waals surface area contributed by atoms with Crippen LogP contribution in [-0.2, 0) is 11.3 Å². The van der Waals surface area contributed by atoms with Crippen LogP contribution in [0.5, 0.6) is 11.5 Å². The number of thioether (sulfide) groups is 1. The monoisotopic (exact) mass is 363 g/mol. The van der Waals surface area contributed by atoms with Crippen molar-refractivity contribution in [3.8, 4) is 11.5 Å². The molecule has 24 heavy (non-hydrogen) atoms. The molecule has 3 heterocycles. The van der Waals surface area contributed by atoms with Crippen molar-refractivity contribution in [2.24, 2.45) is 0 Å². The van der Waals surface area contributed by atoms with Crippen molar-refractivity contribution in [1.29, 1.82) is 0 Å². The zero-order chi connectivity index (χ0) is 16.7. The van der Waals surface area contributed by atoms with E-state index in [2.05, 4.69) is 0 Å². The normalized spacial score (nSPS) is 18.0. The Kier molecular flexibility index (Phi) is 3.74. The first kappa shape index (κ1) is 15.2. The van der Waals surface area contributed by atoms with E-state index in [9.17, 15) is 9.59 Å². The number of hydrogen-bond acceptors (Lipinski definition) is 6. The largest absolute Gasteiger partial charge is 0.465 e. The summed E-state index contributed by atoms with van der Waals surface area (Å²) in [7, 11) is 0. The fourth-order valence-electron chi connectivity index (χ4n) is 2.39. The molecule has 4 rings (SSSR count). The molecule has 0 bridgehead atoms. The Labute approximate surface area is 146 Å². The van der Waals surface area contributed by atoms with E-state index in [-0.39, 0.29) is 24.5 Å². The van der Waals surface area contributed by atoms with E-state index in [1.807, 2.05) is 0 Å². The highest BCUT2D eigenvalue weighted by molar-refractivity contribution is 8.18. The molecule has 1 fully saturated rings. The summed E-state index contributed by atoms with van der Waals surface area (Å²) in [5, 5.41) is 0.0554. The van der Waals surface area contributed by atoms with Crippen molar-refractivity contribution in [3.63, 3.8) is 0 Å². The number of ether oxygens (including phenoxy) is 2. The standard InChI is InChI=1S/C16H10ClNO5S/c17-11-6-13-12(22-8-23-13)4-9(11)7-18-15(19)14(24-16(18)20)5-10-2-1-3-21-10/h1-6H,7-8H2/b14-5-. The number of fused-ring (bicyclic) bond motifs is 1. The maximum absolute atomic E-state index is 12.5. The smallest absolute Gasteiger partial charge is 0.293 e. The van der Waals surface area contributed by atoms with Gasteiger partial charge in [0.2, 0.25) is 6.79 Å². The third kappa shape index (κ3) is 2.65. The predicted octanol–water partition coefficient (Wildman–Crippen LogP) is 3.90. The van der Waals surface area contributed by atoms with E-state index in [1.165, 1.54) is 6.26 Å². The van der Waals surface area contributed by atoms with Gasteiger partial charge in [0.15, 0.2) is 11.5 Å². The zero-order valence-corrected chi connectivity index (χ0v) is 13.7. The van der Waals surface area contributed by atoms with E-state index >= 15 is 0 Å². The molecule has 2 aliphatic rings. The van der Waals surface area contributed by atoms with Crippen LogP contribution in [0.4, 0.5) is 4.79 Å².